The Morgan fingerprint density at radius 3 is 2.73 bits per heavy atom. The number of anilines is 1. The maximum Gasteiger partial charge on any atom is 0.262 e. The highest BCUT2D eigenvalue weighted by molar-refractivity contribution is 7.22. The molecule has 156 valence electrons. The molecule has 1 aromatic carbocycles. The molecular weight excluding hydrogens is 446 g/mol. The lowest BCUT2D eigenvalue weighted by molar-refractivity contribution is -0.117. The van der Waals surface area contributed by atoms with Crippen LogP contribution < -0.4 is 15.4 Å². The Morgan fingerprint density at radius 1 is 1.27 bits per heavy atom. The third kappa shape index (κ3) is 3.73. The molecule has 1 unspecified atom stereocenters. The van der Waals surface area contributed by atoms with Crippen molar-refractivity contribution < 1.29 is 14.3 Å². The number of hydrogen-bond acceptors (Lipinski definition) is 7. The molecule has 4 aromatic rings. The SMILES string of the molecule is COc1cc2sc(NC(=O)C(C)NC(=O)c3cc4c(C)nn(C)c4s3)nc2cc1Cl. The molecule has 0 radical (unpaired) electrons. The summed E-state index contributed by atoms with van der Waals surface area (Å²) in [5.41, 5.74) is 1.52. The van der Waals surface area contributed by atoms with Crippen LogP contribution in [0.2, 0.25) is 5.02 Å². The minimum atomic E-state index is -0.743. The second kappa shape index (κ2) is 7.86. The zero-order valence-corrected chi connectivity index (χ0v) is 19.0. The van der Waals surface area contributed by atoms with Crippen LogP contribution in [0.15, 0.2) is 18.2 Å². The zero-order chi connectivity index (χ0) is 21.6. The van der Waals surface area contributed by atoms with Crippen LogP contribution in [0.1, 0.15) is 22.3 Å². The first-order valence-electron chi connectivity index (χ1n) is 8.95. The van der Waals surface area contributed by atoms with Gasteiger partial charge in [-0.2, -0.15) is 5.10 Å². The second-order valence-corrected chi connectivity index (χ2v) is 9.16. The Bertz CT molecular complexity index is 1260. The summed E-state index contributed by atoms with van der Waals surface area (Å²) < 4.78 is 7.78. The number of carbonyl (C=O) groups is 2. The van der Waals surface area contributed by atoms with E-state index in [-0.39, 0.29) is 11.8 Å². The van der Waals surface area contributed by atoms with E-state index in [1.165, 1.54) is 29.8 Å². The zero-order valence-electron chi connectivity index (χ0n) is 16.6. The van der Waals surface area contributed by atoms with Crippen molar-refractivity contribution in [1.82, 2.24) is 20.1 Å². The van der Waals surface area contributed by atoms with E-state index in [4.69, 9.17) is 16.3 Å². The summed E-state index contributed by atoms with van der Waals surface area (Å²) in [6.07, 6.45) is 0. The molecule has 2 amide bonds. The van der Waals surface area contributed by atoms with E-state index >= 15 is 0 Å². The van der Waals surface area contributed by atoms with Gasteiger partial charge in [-0.05, 0) is 26.0 Å². The van der Waals surface area contributed by atoms with Crippen LogP contribution in [-0.4, -0.2) is 39.7 Å². The number of amides is 2. The van der Waals surface area contributed by atoms with Crippen LogP contribution in [0.25, 0.3) is 20.4 Å². The highest BCUT2D eigenvalue weighted by Crippen LogP contribution is 2.34. The highest BCUT2D eigenvalue weighted by Gasteiger charge is 2.21. The van der Waals surface area contributed by atoms with E-state index in [2.05, 4.69) is 20.7 Å². The Balaban J connectivity index is 1.46. The second-order valence-electron chi connectivity index (χ2n) is 6.70. The van der Waals surface area contributed by atoms with Gasteiger partial charge < -0.3 is 15.4 Å². The quantitative estimate of drug-likeness (QED) is 0.466. The fraction of sp³-hybridized carbons (Fsp3) is 0.263. The molecule has 0 aliphatic heterocycles. The standard InChI is InChI=1S/C19H18ClN5O3S2/c1-8-10-5-15(29-18(10)25(3)24-8)17(27)21-9(2)16(26)23-19-22-12-6-11(20)13(28-4)7-14(12)30-19/h5-7,9H,1-4H3,(H,21,27)(H,22,23,26). The van der Waals surface area contributed by atoms with Gasteiger partial charge >= 0.3 is 0 Å². The van der Waals surface area contributed by atoms with Crippen molar-refractivity contribution in [3.8, 4) is 5.75 Å². The maximum atomic E-state index is 12.6. The minimum absolute atomic E-state index is 0.306. The van der Waals surface area contributed by atoms with Crippen LogP contribution in [0.4, 0.5) is 5.13 Å². The Kier molecular flexibility index (Phi) is 5.39. The number of ether oxygens (including phenoxy) is 1. The van der Waals surface area contributed by atoms with Crippen LogP contribution in [0, 0.1) is 6.92 Å². The number of halogens is 1. The molecule has 0 spiro atoms. The Hall–Kier alpha value is -2.69. The lowest BCUT2D eigenvalue weighted by Gasteiger charge is -2.12. The summed E-state index contributed by atoms with van der Waals surface area (Å²) in [5, 5.41) is 11.6. The molecule has 0 saturated carbocycles. The predicted octanol–water partition coefficient (Wildman–Crippen LogP) is 3.97. The number of fused-ring (bicyclic) bond motifs is 2. The van der Waals surface area contributed by atoms with E-state index in [0.717, 1.165) is 20.6 Å². The van der Waals surface area contributed by atoms with Gasteiger partial charge in [0.2, 0.25) is 5.91 Å². The molecule has 0 aliphatic carbocycles. The smallest absolute Gasteiger partial charge is 0.262 e. The number of thiazole rings is 1. The molecule has 30 heavy (non-hydrogen) atoms. The van der Waals surface area contributed by atoms with Gasteiger partial charge in [-0.15, -0.1) is 11.3 Å². The van der Waals surface area contributed by atoms with Gasteiger partial charge in [0.05, 0.1) is 32.9 Å². The molecular formula is C19H18ClN5O3S2. The first-order chi connectivity index (χ1) is 14.3. The fourth-order valence-corrected chi connectivity index (χ4v) is 5.14. The predicted molar refractivity (Wildman–Crippen MR) is 120 cm³/mol. The summed E-state index contributed by atoms with van der Waals surface area (Å²) in [6.45, 7) is 3.52. The molecule has 0 saturated heterocycles. The van der Waals surface area contributed by atoms with E-state index < -0.39 is 6.04 Å². The van der Waals surface area contributed by atoms with E-state index in [0.29, 0.717) is 26.3 Å². The molecule has 4 rings (SSSR count). The molecule has 3 aromatic heterocycles. The summed E-state index contributed by atoms with van der Waals surface area (Å²) in [5.74, 6) is -0.126. The van der Waals surface area contributed by atoms with Crippen molar-refractivity contribution in [3.05, 3.63) is 33.8 Å². The van der Waals surface area contributed by atoms with Crippen molar-refractivity contribution >= 4 is 71.7 Å². The third-order valence-corrected chi connectivity index (χ3v) is 6.98. The van der Waals surface area contributed by atoms with Crippen LogP contribution in [0.5, 0.6) is 5.75 Å². The number of nitrogens with zero attached hydrogens (tertiary/aromatic N) is 3. The van der Waals surface area contributed by atoms with Crippen LogP contribution in [0.3, 0.4) is 0 Å². The van der Waals surface area contributed by atoms with Gasteiger partial charge in [-0.3, -0.25) is 14.3 Å². The number of nitrogens with one attached hydrogen (secondary N) is 2. The van der Waals surface area contributed by atoms with Gasteiger partial charge in [0.1, 0.15) is 16.6 Å². The fourth-order valence-electron chi connectivity index (χ4n) is 3.00. The van der Waals surface area contributed by atoms with Crippen molar-refractivity contribution in [1.29, 1.82) is 0 Å². The maximum absolute atomic E-state index is 12.6. The topological polar surface area (TPSA) is 98.1 Å². The number of carbonyl (C=O) groups excluding carboxylic acids is 2. The molecule has 8 nitrogen and oxygen atoms in total. The van der Waals surface area contributed by atoms with Gasteiger partial charge in [0.25, 0.3) is 5.91 Å². The summed E-state index contributed by atoms with van der Waals surface area (Å²) in [6, 6.07) is 4.51. The molecule has 3 heterocycles. The normalized spacial score (nSPS) is 12.3. The summed E-state index contributed by atoms with van der Waals surface area (Å²) in [4.78, 5) is 31.0. The average Bonchev–Trinajstić information content (AvgIpc) is 3.36. The van der Waals surface area contributed by atoms with Gasteiger partial charge in [-0.25, -0.2) is 4.98 Å². The van der Waals surface area contributed by atoms with E-state index in [1.807, 2.05) is 14.0 Å². The van der Waals surface area contributed by atoms with Crippen molar-refractivity contribution in [2.45, 2.75) is 19.9 Å². The molecule has 1 atom stereocenters. The molecule has 2 N–H and O–H groups in total. The molecule has 0 fully saturated rings. The van der Waals surface area contributed by atoms with Crippen LogP contribution >= 0.6 is 34.3 Å². The Morgan fingerprint density at radius 2 is 2.03 bits per heavy atom. The van der Waals surface area contributed by atoms with Gasteiger partial charge in [-0.1, -0.05) is 22.9 Å². The number of aryl methyl sites for hydroxylation is 2. The lowest BCUT2D eigenvalue weighted by Crippen LogP contribution is -2.41. The van der Waals surface area contributed by atoms with Crippen molar-refractivity contribution in [2.24, 2.45) is 7.05 Å². The number of methoxy groups -OCH3 is 1. The summed E-state index contributed by atoms with van der Waals surface area (Å²) in [7, 11) is 3.37. The highest BCUT2D eigenvalue weighted by atomic mass is 35.5. The molecule has 11 heteroatoms. The molecule has 0 bridgehead atoms. The number of rotatable bonds is 5. The average molecular weight is 464 g/mol. The molecule has 0 aliphatic rings. The van der Waals surface area contributed by atoms with Gasteiger partial charge in [0.15, 0.2) is 5.13 Å². The Labute approximate surface area is 184 Å². The summed E-state index contributed by atoms with van der Waals surface area (Å²) >= 11 is 8.77. The third-order valence-electron chi connectivity index (χ3n) is 4.55. The lowest BCUT2D eigenvalue weighted by atomic mass is 10.2. The first kappa shape index (κ1) is 20.6. The number of thiophene rings is 1. The van der Waals surface area contributed by atoms with Gasteiger partial charge in [0, 0.05) is 18.5 Å². The van der Waals surface area contributed by atoms with Crippen molar-refractivity contribution in [2.75, 3.05) is 12.4 Å². The number of hydrogen-bond donors (Lipinski definition) is 2. The number of benzene rings is 1. The van der Waals surface area contributed by atoms with E-state index in [1.54, 1.807) is 29.8 Å². The first-order valence-corrected chi connectivity index (χ1v) is 11.0. The van der Waals surface area contributed by atoms with E-state index in [9.17, 15) is 9.59 Å². The van der Waals surface area contributed by atoms with Crippen LogP contribution in [-0.2, 0) is 11.8 Å². The number of aromatic nitrogens is 3. The monoisotopic (exact) mass is 463 g/mol. The minimum Gasteiger partial charge on any atom is -0.495 e. The largest absolute Gasteiger partial charge is 0.495 e. The van der Waals surface area contributed by atoms with Crippen molar-refractivity contribution in [3.63, 3.8) is 0 Å².